The number of hydrogen-bond acceptors (Lipinski definition) is 4. The molecule has 0 radical (unpaired) electrons. The second-order valence-electron chi connectivity index (χ2n) is 6.83. The average Bonchev–Trinajstić information content (AvgIpc) is 2.93. The van der Waals surface area contributed by atoms with E-state index in [1.54, 1.807) is 11.8 Å². The first-order valence-electron chi connectivity index (χ1n) is 8.73. The van der Waals surface area contributed by atoms with Crippen molar-refractivity contribution in [3.05, 3.63) is 52.8 Å². The molecule has 6 heteroatoms. The molecule has 0 bridgehead atoms. The Morgan fingerprint density at radius 1 is 1.27 bits per heavy atom. The summed E-state index contributed by atoms with van der Waals surface area (Å²) in [6.07, 6.45) is 0.801. The van der Waals surface area contributed by atoms with E-state index >= 15 is 0 Å². The SMILES string of the molecule is COC1Cc2ccccc2N(C(=O)c2cc(C)nc3c2c(C)nn3C)C1. The summed E-state index contributed by atoms with van der Waals surface area (Å²) in [5, 5.41) is 5.27. The molecule has 6 nitrogen and oxygen atoms in total. The lowest BCUT2D eigenvalue weighted by Crippen LogP contribution is -2.43. The highest BCUT2D eigenvalue weighted by molar-refractivity contribution is 6.14. The Morgan fingerprint density at radius 3 is 2.81 bits per heavy atom. The van der Waals surface area contributed by atoms with Crippen LogP contribution in [0.2, 0.25) is 0 Å². The third kappa shape index (κ3) is 2.57. The highest BCUT2D eigenvalue weighted by atomic mass is 16.5. The molecule has 0 saturated heterocycles. The van der Waals surface area contributed by atoms with Crippen LogP contribution in [0.25, 0.3) is 11.0 Å². The molecule has 1 aliphatic rings. The van der Waals surface area contributed by atoms with Gasteiger partial charge in [0.2, 0.25) is 0 Å². The number of para-hydroxylation sites is 1. The van der Waals surface area contributed by atoms with E-state index in [4.69, 9.17) is 4.74 Å². The number of methoxy groups -OCH3 is 1. The highest BCUT2D eigenvalue weighted by Crippen LogP contribution is 2.31. The molecule has 0 spiro atoms. The second-order valence-corrected chi connectivity index (χ2v) is 6.83. The molecule has 1 aromatic carbocycles. The first kappa shape index (κ1) is 16.7. The van der Waals surface area contributed by atoms with E-state index in [1.165, 1.54) is 0 Å². The molecular formula is C20H22N4O2. The molecule has 3 aromatic rings. The normalized spacial score (nSPS) is 16.8. The van der Waals surface area contributed by atoms with Crippen molar-refractivity contribution in [2.45, 2.75) is 26.4 Å². The number of carbonyl (C=O) groups excluding carboxylic acids is 1. The molecule has 0 fully saturated rings. The summed E-state index contributed by atoms with van der Waals surface area (Å²) in [5.41, 5.74) is 5.08. The van der Waals surface area contributed by atoms with Crippen molar-refractivity contribution in [3.63, 3.8) is 0 Å². The maximum Gasteiger partial charge on any atom is 0.259 e. The summed E-state index contributed by atoms with van der Waals surface area (Å²) < 4.78 is 7.31. The second kappa shape index (κ2) is 6.21. The summed E-state index contributed by atoms with van der Waals surface area (Å²) in [7, 11) is 3.55. The Labute approximate surface area is 152 Å². The Hall–Kier alpha value is -2.73. The van der Waals surface area contributed by atoms with Crippen LogP contribution in [-0.4, -0.2) is 40.4 Å². The number of aryl methyl sites for hydroxylation is 3. The van der Waals surface area contributed by atoms with E-state index in [1.807, 2.05) is 50.1 Å². The Kier molecular flexibility index (Phi) is 4.00. The van der Waals surface area contributed by atoms with E-state index in [9.17, 15) is 4.79 Å². The number of ether oxygens (including phenoxy) is 1. The van der Waals surface area contributed by atoms with Crippen molar-refractivity contribution in [1.29, 1.82) is 0 Å². The van der Waals surface area contributed by atoms with Crippen LogP contribution in [0.4, 0.5) is 5.69 Å². The van der Waals surface area contributed by atoms with E-state index in [-0.39, 0.29) is 12.0 Å². The van der Waals surface area contributed by atoms with Gasteiger partial charge in [-0.25, -0.2) is 4.98 Å². The maximum absolute atomic E-state index is 13.6. The van der Waals surface area contributed by atoms with Gasteiger partial charge in [0.1, 0.15) is 0 Å². The standard InChI is InChI=1S/C20H22N4O2/c1-12-9-16(18-13(2)22-23(3)19(18)21-12)20(25)24-11-15(26-4)10-14-7-5-6-8-17(14)24/h5-9,15H,10-11H2,1-4H3. The summed E-state index contributed by atoms with van der Waals surface area (Å²) >= 11 is 0. The number of amides is 1. The van der Waals surface area contributed by atoms with Crippen LogP contribution in [0.1, 0.15) is 27.3 Å². The number of aromatic nitrogens is 3. The van der Waals surface area contributed by atoms with Gasteiger partial charge in [-0.2, -0.15) is 5.10 Å². The van der Waals surface area contributed by atoms with Crippen LogP contribution < -0.4 is 4.90 Å². The lowest BCUT2D eigenvalue weighted by Gasteiger charge is -2.34. The van der Waals surface area contributed by atoms with Gasteiger partial charge < -0.3 is 9.64 Å². The van der Waals surface area contributed by atoms with Crippen LogP contribution in [0.3, 0.4) is 0 Å². The quantitative estimate of drug-likeness (QED) is 0.713. The average molecular weight is 350 g/mol. The minimum Gasteiger partial charge on any atom is -0.379 e. The van der Waals surface area contributed by atoms with Gasteiger partial charge in [0.05, 0.1) is 29.3 Å². The molecule has 1 unspecified atom stereocenters. The first-order chi connectivity index (χ1) is 12.5. The number of rotatable bonds is 2. The van der Waals surface area contributed by atoms with Gasteiger partial charge in [0, 0.05) is 32.0 Å². The summed E-state index contributed by atoms with van der Waals surface area (Å²) in [6, 6.07) is 9.89. The zero-order valence-electron chi connectivity index (χ0n) is 15.5. The lowest BCUT2D eigenvalue weighted by atomic mass is 9.98. The third-order valence-electron chi connectivity index (χ3n) is 5.02. The minimum absolute atomic E-state index is 0.0118. The lowest BCUT2D eigenvalue weighted by molar-refractivity contribution is 0.0871. The van der Waals surface area contributed by atoms with Crippen molar-refractivity contribution >= 4 is 22.6 Å². The number of carbonyl (C=O) groups is 1. The van der Waals surface area contributed by atoms with Crippen LogP contribution in [-0.2, 0) is 18.2 Å². The van der Waals surface area contributed by atoms with E-state index in [0.29, 0.717) is 12.1 Å². The van der Waals surface area contributed by atoms with Gasteiger partial charge in [-0.1, -0.05) is 18.2 Å². The Morgan fingerprint density at radius 2 is 2.04 bits per heavy atom. The van der Waals surface area contributed by atoms with Crippen molar-refractivity contribution in [2.24, 2.45) is 7.05 Å². The van der Waals surface area contributed by atoms with Crippen LogP contribution in [0.15, 0.2) is 30.3 Å². The largest absolute Gasteiger partial charge is 0.379 e. The molecule has 0 aliphatic carbocycles. The summed E-state index contributed by atoms with van der Waals surface area (Å²) in [4.78, 5) is 19.9. The van der Waals surface area contributed by atoms with Crippen LogP contribution >= 0.6 is 0 Å². The van der Waals surface area contributed by atoms with Gasteiger partial charge in [-0.05, 0) is 31.5 Å². The number of fused-ring (bicyclic) bond motifs is 2. The molecule has 3 heterocycles. The fraction of sp³-hybridized carbons (Fsp3) is 0.350. The highest BCUT2D eigenvalue weighted by Gasteiger charge is 2.30. The zero-order chi connectivity index (χ0) is 18.4. The van der Waals surface area contributed by atoms with Gasteiger partial charge in [0.15, 0.2) is 5.65 Å². The fourth-order valence-corrected chi connectivity index (χ4v) is 3.79. The number of anilines is 1. The molecule has 1 aliphatic heterocycles. The van der Waals surface area contributed by atoms with Crippen molar-refractivity contribution in [1.82, 2.24) is 14.8 Å². The van der Waals surface area contributed by atoms with Crippen molar-refractivity contribution < 1.29 is 9.53 Å². The van der Waals surface area contributed by atoms with Crippen molar-refractivity contribution in [2.75, 3.05) is 18.6 Å². The Balaban J connectivity index is 1.87. The smallest absolute Gasteiger partial charge is 0.259 e. The third-order valence-corrected chi connectivity index (χ3v) is 5.02. The molecule has 26 heavy (non-hydrogen) atoms. The van der Waals surface area contributed by atoms with E-state index in [0.717, 1.165) is 40.1 Å². The number of hydrogen-bond donors (Lipinski definition) is 0. The van der Waals surface area contributed by atoms with Crippen LogP contribution in [0, 0.1) is 13.8 Å². The Bertz CT molecular complexity index is 1010. The van der Waals surface area contributed by atoms with Crippen LogP contribution in [0.5, 0.6) is 0 Å². The molecule has 2 aromatic heterocycles. The van der Waals surface area contributed by atoms with Gasteiger partial charge in [0.25, 0.3) is 5.91 Å². The molecule has 0 saturated carbocycles. The number of nitrogens with zero attached hydrogens (tertiary/aromatic N) is 4. The summed E-state index contributed by atoms with van der Waals surface area (Å²) in [5.74, 6) is -0.0363. The minimum atomic E-state index is -0.0363. The first-order valence-corrected chi connectivity index (χ1v) is 8.73. The molecule has 0 N–H and O–H groups in total. The predicted molar refractivity (Wildman–Crippen MR) is 101 cm³/mol. The zero-order valence-corrected chi connectivity index (χ0v) is 15.5. The molecular weight excluding hydrogens is 328 g/mol. The summed E-state index contributed by atoms with van der Waals surface area (Å²) in [6.45, 7) is 4.35. The monoisotopic (exact) mass is 350 g/mol. The van der Waals surface area contributed by atoms with Gasteiger partial charge >= 0.3 is 0 Å². The maximum atomic E-state index is 13.6. The molecule has 1 atom stereocenters. The molecule has 134 valence electrons. The van der Waals surface area contributed by atoms with Crippen molar-refractivity contribution in [3.8, 4) is 0 Å². The molecule has 4 rings (SSSR count). The van der Waals surface area contributed by atoms with E-state index < -0.39 is 0 Å². The van der Waals surface area contributed by atoms with E-state index in [2.05, 4.69) is 16.1 Å². The van der Waals surface area contributed by atoms with Gasteiger partial charge in [-0.15, -0.1) is 0 Å². The predicted octanol–water partition coefficient (Wildman–Crippen LogP) is 2.80. The topological polar surface area (TPSA) is 60.2 Å². The van der Waals surface area contributed by atoms with Gasteiger partial charge in [-0.3, -0.25) is 9.48 Å². The number of pyridine rings is 1. The molecule has 1 amide bonds. The fourth-order valence-electron chi connectivity index (χ4n) is 3.79. The number of benzene rings is 1.